The van der Waals surface area contributed by atoms with Gasteiger partial charge in [0.25, 0.3) is 0 Å². The van der Waals surface area contributed by atoms with E-state index in [1.807, 2.05) is 13.0 Å². The molecule has 0 aliphatic heterocycles. The average Bonchev–Trinajstić information content (AvgIpc) is 1.85. The summed E-state index contributed by atoms with van der Waals surface area (Å²) in [5, 5.41) is 0.469. The van der Waals surface area contributed by atoms with E-state index in [-0.39, 0.29) is 0 Å². The molecule has 0 saturated carbocycles. The van der Waals surface area contributed by atoms with E-state index in [4.69, 9.17) is 17.5 Å². The van der Waals surface area contributed by atoms with Crippen molar-refractivity contribution in [3.05, 3.63) is 28.5 Å². The highest BCUT2D eigenvalue weighted by molar-refractivity contribution is 6.29. The van der Waals surface area contributed by atoms with Crippen LogP contribution in [-0.4, -0.2) is 4.98 Å². The molecule has 0 bridgehead atoms. The molecule has 0 radical (unpaired) electrons. The number of pyridine rings is 1. The van der Waals surface area contributed by atoms with Crippen LogP contribution in [0.4, 0.5) is 0 Å². The first-order chi connectivity index (χ1) is 5.22. The molecule has 2 N–H and O–H groups in total. The predicted octanol–water partition coefficient (Wildman–Crippen LogP) is 1.43. The van der Waals surface area contributed by atoms with Crippen LogP contribution < -0.4 is 5.90 Å². The molecule has 0 aliphatic carbocycles. The molecular weight excluding hydrogens is 164 g/mol. The quantitative estimate of drug-likeness (QED) is 0.543. The molecule has 11 heavy (non-hydrogen) atoms. The lowest BCUT2D eigenvalue weighted by molar-refractivity contribution is 0.124. The summed E-state index contributed by atoms with van der Waals surface area (Å²) in [6, 6.07) is 3.60. The van der Waals surface area contributed by atoms with Crippen molar-refractivity contribution in [2.75, 3.05) is 0 Å². The second-order valence-electron chi connectivity index (χ2n) is 2.25. The van der Waals surface area contributed by atoms with E-state index in [0.717, 1.165) is 11.3 Å². The summed E-state index contributed by atoms with van der Waals surface area (Å²) in [6.45, 7) is 2.23. The van der Waals surface area contributed by atoms with Crippen LogP contribution in [0.5, 0.6) is 0 Å². The fraction of sp³-hybridized carbons (Fsp3) is 0.286. The number of rotatable bonds is 2. The molecule has 0 saturated heterocycles. The van der Waals surface area contributed by atoms with E-state index in [1.165, 1.54) is 0 Å². The lowest BCUT2D eigenvalue weighted by Gasteiger charge is -2.00. The maximum atomic E-state index is 5.68. The summed E-state index contributed by atoms with van der Waals surface area (Å²) < 4.78 is 0. The van der Waals surface area contributed by atoms with Gasteiger partial charge in [-0.3, -0.25) is 4.84 Å². The highest BCUT2D eigenvalue weighted by Gasteiger charge is 1.96. The number of aryl methyl sites for hydroxylation is 1. The molecule has 0 fully saturated rings. The highest BCUT2D eigenvalue weighted by Crippen LogP contribution is 2.10. The zero-order chi connectivity index (χ0) is 8.27. The molecule has 1 aromatic rings. The zero-order valence-electron chi connectivity index (χ0n) is 6.17. The Kier molecular flexibility index (Phi) is 2.82. The Bertz CT molecular complexity index is 232. The van der Waals surface area contributed by atoms with Crippen LogP contribution in [0.3, 0.4) is 0 Å². The molecule has 0 atom stereocenters. The largest absolute Gasteiger partial charge is 0.300 e. The number of nitrogens with two attached hydrogens (primary N) is 1. The normalized spacial score (nSPS) is 10.1. The second-order valence-corrected chi connectivity index (χ2v) is 2.64. The molecule has 4 heteroatoms. The summed E-state index contributed by atoms with van der Waals surface area (Å²) in [4.78, 5) is 8.44. The van der Waals surface area contributed by atoms with E-state index in [9.17, 15) is 0 Å². The van der Waals surface area contributed by atoms with Crippen LogP contribution in [0.15, 0.2) is 12.1 Å². The van der Waals surface area contributed by atoms with E-state index in [2.05, 4.69) is 9.82 Å². The Morgan fingerprint density at radius 2 is 2.36 bits per heavy atom. The SMILES string of the molecule is Cc1cc(CON)cc(Cl)n1. The fourth-order valence-electron chi connectivity index (χ4n) is 0.876. The van der Waals surface area contributed by atoms with Crippen molar-refractivity contribution < 1.29 is 4.84 Å². The first-order valence-electron chi connectivity index (χ1n) is 3.17. The van der Waals surface area contributed by atoms with Gasteiger partial charge in [0.15, 0.2) is 0 Å². The lowest BCUT2D eigenvalue weighted by atomic mass is 10.2. The summed E-state index contributed by atoms with van der Waals surface area (Å²) in [7, 11) is 0. The van der Waals surface area contributed by atoms with Crippen molar-refractivity contribution in [2.24, 2.45) is 5.90 Å². The van der Waals surface area contributed by atoms with Gasteiger partial charge in [0, 0.05) is 5.69 Å². The van der Waals surface area contributed by atoms with Crippen molar-refractivity contribution >= 4 is 11.6 Å². The third kappa shape index (κ3) is 2.46. The van der Waals surface area contributed by atoms with Gasteiger partial charge in [-0.2, -0.15) is 0 Å². The van der Waals surface area contributed by atoms with E-state index < -0.39 is 0 Å². The summed E-state index contributed by atoms with van der Waals surface area (Å²) in [5.74, 6) is 4.90. The van der Waals surface area contributed by atoms with Crippen LogP contribution in [-0.2, 0) is 11.4 Å². The van der Waals surface area contributed by atoms with Crippen LogP contribution in [0.1, 0.15) is 11.3 Å². The maximum Gasteiger partial charge on any atom is 0.129 e. The smallest absolute Gasteiger partial charge is 0.129 e. The minimum Gasteiger partial charge on any atom is -0.300 e. The predicted molar refractivity (Wildman–Crippen MR) is 43.0 cm³/mol. The minimum absolute atomic E-state index is 0.364. The summed E-state index contributed by atoms with van der Waals surface area (Å²) >= 11 is 5.68. The van der Waals surface area contributed by atoms with E-state index in [1.54, 1.807) is 6.07 Å². The van der Waals surface area contributed by atoms with Gasteiger partial charge in [0.05, 0.1) is 6.61 Å². The monoisotopic (exact) mass is 172 g/mol. The third-order valence-corrected chi connectivity index (χ3v) is 1.43. The van der Waals surface area contributed by atoms with Crippen LogP contribution in [0.2, 0.25) is 5.15 Å². The summed E-state index contributed by atoms with van der Waals surface area (Å²) in [5.41, 5.74) is 1.80. The Hall–Kier alpha value is -0.640. The first-order valence-corrected chi connectivity index (χ1v) is 3.55. The molecule has 60 valence electrons. The summed E-state index contributed by atoms with van der Waals surface area (Å²) in [6.07, 6.45) is 0. The Labute approximate surface area is 70.1 Å². The molecule has 1 rings (SSSR count). The van der Waals surface area contributed by atoms with Gasteiger partial charge in [-0.15, -0.1) is 0 Å². The molecule has 0 unspecified atom stereocenters. The van der Waals surface area contributed by atoms with Crippen LogP contribution in [0, 0.1) is 6.92 Å². The Morgan fingerprint density at radius 3 is 2.91 bits per heavy atom. The maximum absolute atomic E-state index is 5.68. The molecule has 0 aromatic carbocycles. The topological polar surface area (TPSA) is 48.1 Å². The van der Waals surface area contributed by atoms with E-state index in [0.29, 0.717) is 11.8 Å². The van der Waals surface area contributed by atoms with Gasteiger partial charge in [0.1, 0.15) is 5.15 Å². The zero-order valence-corrected chi connectivity index (χ0v) is 6.93. The van der Waals surface area contributed by atoms with Gasteiger partial charge in [0.2, 0.25) is 0 Å². The second kappa shape index (κ2) is 3.67. The number of halogens is 1. The van der Waals surface area contributed by atoms with Crippen molar-refractivity contribution in [1.82, 2.24) is 4.98 Å². The van der Waals surface area contributed by atoms with Gasteiger partial charge in [-0.25, -0.2) is 10.9 Å². The van der Waals surface area contributed by atoms with Gasteiger partial charge in [-0.05, 0) is 24.6 Å². The number of hydrogen-bond acceptors (Lipinski definition) is 3. The van der Waals surface area contributed by atoms with Gasteiger partial charge >= 0.3 is 0 Å². The average molecular weight is 173 g/mol. The third-order valence-electron chi connectivity index (χ3n) is 1.23. The van der Waals surface area contributed by atoms with Gasteiger partial charge < -0.3 is 0 Å². The molecule has 1 aromatic heterocycles. The standard InChI is InChI=1S/C7H9ClN2O/c1-5-2-6(4-11-9)3-7(8)10-5/h2-3H,4,9H2,1H3. The van der Waals surface area contributed by atoms with Crippen molar-refractivity contribution in [3.8, 4) is 0 Å². The van der Waals surface area contributed by atoms with E-state index >= 15 is 0 Å². The molecule has 0 spiro atoms. The van der Waals surface area contributed by atoms with Crippen molar-refractivity contribution in [2.45, 2.75) is 13.5 Å². The number of aromatic nitrogens is 1. The van der Waals surface area contributed by atoms with Crippen molar-refractivity contribution in [3.63, 3.8) is 0 Å². The Morgan fingerprint density at radius 1 is 1.64 bits per heavy atom. The number of nitrogens with zero attached hydrogens (tertiary/aromatic N) is 1. The van der Waals surface area contributed by atoms with Crippen LogP contribution >= 0.6 is 11.6 Å². The first kappa shape index (κ1) is 8.46. The van der Waals surface area contributed by atoms with Crippen LogP contribution in [0.25, 0.3) is 0 Å². The van der Waals surface area contributed by atoms with Crippen molar-refractivity contribution in [1.29, 1.82) is 0 Å². The Balaban J connectivity index is 2.89. The molecule has 3 nitrogen and oxygen atoms in total. The fourth-order valence-corrected chi connectivity index (χ4v) is 1.15. The molecule has 0 aliphatic rings. The lowest BCUT2D eigenvalue weighted by Crippen LogP contribution is -1.99. The minimum atomic E-state index is 0.364. The molecule has 0 amide bonds. The highest BCUT2D eigenvalue weighted by atomic mass is 35.5. The number of hydrogen-bond donors (Lipinski definition) is 1. The molecular formula is C7H9ClN2O. The van der Waals surface area contributed by atoms with Gasteiger partial charge in [-0.1, -0.05) is 11.6 Å². The molecule has 1 heterocycles.